The second-order valence-corrected chi connectivity index (χ2v) is 7.51. The number of nitrogens with one attached hydrogen (secondary N) is 3. The second kappa shape index (κ2) is 12.7. The Hall–Kier alpha value is -2.98. The van der Waals surface area contributed by atoms with Crippen molar-refractivity contribution in [2.24, 2.45) is 11.7 Å². The monoisotopic (exact) mass is 436 g/mol. The maximum atomic E-state index is 12.8. The van der Waals surface area contributed by atoms with Crippen LogP contribution in [0.5, 0.6) is 0 Å². The van der Waals surface area contributed by atoms with Gasteiger partial charge >= 0.3 is 5.97 Å². The molecule has 0 aliphatic heterocycles. The summed E-state index contributed by atoms with van der Waals surface area (Å²) >= 11 is 0. The van der Waals surface area contributed by atoms with E-state index in [1.54, 1.807) is 6.92 Å². The van der Waals surface area contributed by atoms with Crippen LogP contribution in [0.1, 0.15) is 32.8 Å². The summed E-state index contributed by atoms with van der Waals surface area (Å²) in [5, 5.41) is 25.7. The molecule has 0 heterocycles. The largest absolute Gasteiger partial charge is 0.480 e. The number of hydrogen-bond donors (Lipinski definition) is 6. The molecule has 3 amide bonds. The van der Waals surface area contributed by atoms with Crippen LogP contribution in [-0.2, 0) is 25.6 Å². The average molecular weight is 437 g/mol. The quantitative estimate of drug-likeness (QED) is 0.248. The molecule has 0 aromatic heterocycles. The highest BCUT2D eigenvalue weighted by Gasteiger charge is 2.32. The molecule has 31 heavy (non-hydrogen) atoms. The van der Waals surface area contributed by atoms with Gasteiger partial charge in [0.2, 0.25) is 17.7 Å². The molecule has 5 unspecified atom stereocenters. The molecule has 0 saturated carbocycles. The Morgan fingerprint density at radius 2 is 1.55 bits per heavy atom. The van der Waals surface area contributed by atoms with Crippen molar-refractivity contribution < 1.29 is 29.4 Å². The summed E-state index contributed by atoms with van der Waals surface area (Å²) in [5.41, 5.74) is 6.88. The second-order valence-electron chi connectivity index (χ2n) is 7.51. The first kappa shape index (κ1) is 26.1. The highest BCUT2D eigenvalue weighted by Crippen LogP contribution is 2.10. The van der Waals surface area contributed by atoms with E-state index < -0.39 is 54.5 Å². The maximum Gasteiger partial charge on any atom is 0.322 e. The first-order valence-electron chi connectivity index (χ1n) is 10.1. The van der Waals surface area contributed by atoms with Gasteiger partial charge in [0.1, 0.15) is 18.6 Å². The van der Waals surface area contributed by atoms with Crippen LogP contribution in [-0.4, -0.2) is 64.7 Å². The van der Waals surface area contributed by atoms with Gasteiger partial charge in [-0.1, -0.05) is 50.6 Å². The Bertz CT molecular complexity index is 755. The minimum atomic E-state index is -1.38. The Morgan fingerprint density at radius 1 is 0.968 bits per heavy atom. The molecule has 0 spiro atoms. The Labute approximate surface area is 181 Å². The highest BCUT2D eigenvalue weighted by atomic mass is 16.4. The number of aliphatic hydroxyl groups excluding tert-OH is 1. The molecule has 10 nitrogen and oxygen atoms in total. The summed E-state index contributed by atoms with van der Waals surface area (Å²) < 4.78 is 0. The van der Waals surface area contributed by atoms with Crippen molar-refractivity contribution in [3.8, 4) is 0 Å². The zero-order valence-corrected chi connectivity index (χ0v) is 18.0. The van der Waals surface area contributed by atoms with Crippen LogP contribution in [0.15, 0.2) is 30.3 Å². The van der Waals surface area contributed by atoms with Crippen molar-refractivity contribution in [1.82, 2.24) is 16.0 Å². The molecule has 0 bridgehead atoms. The lowest BCUT2D eigenvalue weighted by atomic mass is 9.96. The molecule has 172 valence electrons. The van der Waals surface area contributed by atoms with Crippen LogP contribution < -0.4 is 21.7 Å². The SMILES string of the molecule is CCC(C)C(NC(=O)C(N)Cc1ccccc1)C(=O)NC(C(=O)NCC(=O)O)C(C)O. The number of amides is 3. The summed E-state index contributed by atoms with van der Waals surface area (Å²) in [7, 11) is 0. The molecule has 7 N–H and O–H groups in total. The molecular formula is C21H32N4O6. The van der Waals surface area contributed by atoms with Crippen LogP contribution in [0.2, 0.25) is 0 Å². The van der Waals surface area contributed by atoms with Crippen LogP contribution >= 0.6 is 0 Å². The Morgan fingerprint density at radius 3 is 2.06 bits per heavy atom. The number of carbonyl (C=O) groups is 4. The van der Waals surface area contributed by atoms with Crippen LogP contribution in [0, 0.1) is 5.92 Å². The molecule has 1 aromatic rings. The van der Waals surface area contributed by atoms with E-state index in [0.717, 1.165) is 5.56 Å². The fourth-order valence-corrected chi connectivity index (χ4v) is 2.84. The van der Waals surface area contributed by atoms with Gasteiger partial charge in [-0.15, -0.1) is 0 Å². The van der Waals surface area contributed by atoms with E-state index in [4.69, 9.17) is 10.8 Å². The van der Waals surface area contributed by atoms with Gasteiger partial charge in [0.25, 0.3) is 0 Å². The molecule has 0 saturated heterocycles. The smallest absolute Gasteiger partial charge is 0.322 e. The maximum absolute atomic E-state index is 12.8. The molecular weight excluding hydrogens is 404 g/mol. The van der Waals surface area contributed by atoms with E-state index in [-0.39, 0.29) is 12.3 Å². The van der Waals surface area contributed by atoms with Crippen molar-refractivity contribution in [3.63, 3.8) is 0 Å². The van der Waals surface area contributed by atoms with E-state index in [1.807, 2.05) is 37.3 Å². The highest BCUT2D eigenvalue weighted by molar-refractivity contribution is 5.94. The van der Waals surface area contributed by atoms with Gasteiger partial charge in [-0.2, -0.15) is 0 Å². The van der Waals surface area contributed by atoms with E-state index in [0.29, 0.717) is 6.42 Å². The van der Waals surface area contributed by atoms with Gasteiger partial charge in [-0.25, -0.2) is 0 Å². The predicted molar refractivity (Wildman–Crippen MR) is 114 cm³/mol. The zero-order valence-electron chi connectivity index (χ0n) is 18.0. The fourth-order valence-electron chi connectivity index (χ4n) is 2.84. The lowest BCUT2D eigenvalue weighted by Gasteiger charge is -2.28. The van der Waals surface area contributed by atoms with Crippen molar-refractivity contribution in [3.05, 3.63) is 35.9 Å². The summed E-state index contributed by atoms with van der Waals surface area (Å²) in [6.45, 7) is 4.23. The molecule has 1 rings (SSSR count). The molecule has 1 aromatic carbocycles. The number of nitrogens with two attached hydrogens (primary N) is 1. The third-order valence-electron chi connectivity index (χ3n) is 4.90. The molecule has 0 aliphatic rings. The van der Waals surface area contributed by atoms with Gasteiger partial charge in [-0.3, -0.25) is 19.2 Å². The summed E-state index contributed by atoms with van der Waals surface area (Å²) in [4.78, 5) is 48.3. The van der Waals surface area contributed by atoms with E-state index in [2.05, 4.69) is 16.0 Å². The predicted octanol–water partition coefficient (Wildman–Crippen LogP) is -0.846. The van der Waals surface area contributed by atoms with Gasteiger partial charge in [0.05, 0.1) is 12.1 Å². The van der Waals surface area contributed by atoms with Crippen molar-refractivity contribution in [1.29, 1.82) is 0 Å². The molecule has 0 fully saturated rings. The van der Waals surface area contributed by atoms with Crippen molar-refractivity contribution >= 4 is 23.7 Å². The minimum Gasteiger partial charge on any atom is -0.480 e. The number of carboxylic acids is 1. The van der Waals surface area contributed by atoms with Gasteiger partial charge < -0.3 is 31.9 Å². The Kier molecular flexibility index (Phi) is 10.6. The van der Waals surface area contributed by atoms with Gasteiger partial charge in [-0.05, 0) is 24.8 Å². The van der Waals surface area contributed by atoms with Crippen molar-refractivity contribution in [2.75, 3.05) is 6.54 Å². The number of aliphatic hydroxyl groups is 1. The number of hydrogen-bond acceptors (Lipinski definition) is 6. The number of benzene rings is 1. The molecule has 10 heteroatoms. The number of carboxylic acid groups (broad SMARTS) is 1. The lowest BCUT2D eigenvalue weighted by molar-refractivity contribution is -0.139. The van der Waals surface area contributed by atoms with Crippen LogP contribution in [0.4, 0.5) is 0 Å². The number of carbonyl (C=O) groups excluding carboxylic acids is 3. The topological polar surface area (TPSA) is 171 Å². The van der Waals surface area contributed by atoms with Crippen LogP contribution in [0.25, 0.3) is 0 Å². The third-order valence-corrected chi connectivity index (χ3v) is 4.90. The van der Waals surface area contributed by atoms with Crippen LogP contribution in [0.3, 0.4) is 0 Å². The summed E-state index contributed by atoms with van der Waals surface area (Å²) in [5.74, 6) is -3.59. The van der Waals surface area contributed by atoms with Gasteiger partial charge in [0.15, 0.2) is 0 Å². The molecule has 0 aliphatic carbocycles. The standard InChI is InChI=1S/C21H32N4O6/c1-4-12(2)17(24-19(29)15(22)10-14-8-6-5-7-9-14)21(31)25-18(13(3)26)20(30)23-11-16(27)28/h5-9,12-13,15,17-18,26H,4,10-11,22H2,1-3H3,(H,23,30)(H,24,29)(H,25,31)(H,27,28). The van der Waals surface area contributed by atoms with E-state index in [1.165, 1.54) is 6.92 Å². The summed E-state index contributed by atoms with van der Waals surface area (Å²) in [6, 6.07) is 5.95. The number of rotatable bonds is 12. The summed E-state index contributed by atoms with van der Waals surface area (Å²) in [6.07, 6.45) is -0.446. The first-order chi connectivity index (χ1) is 14.6. The Balaban J connectivity index is 2.86. The first-order valence-corrected chi connectivity index (χ1v) is 10.1. The van der Waals surface area contributed by atoms with E-state index >= 15 is 0 Å². The number of aliphatic carboxylic acids is 1. The average Bonchev–Trinajstić information content (AvgIpc) is 2.73. The minimum absolute atomic E-state index is 0.287. The van der Waals surface area contributed by atoms with Crippen molar-refractivity contribution in [2.45, 2.75) is 57.8 Å². The van der Waals surface area contributed by atoms with Gasteiger partial charge in [0, 0.05) is 0 Å². The zero-order chi connectivity index (χ0) is 23.6. The molecule has 0 radical (unpaired) electrons. The van der Waals surface area contributed by atoms with E-state index in [9.17, 15) is 24.3 Å². The third kappa shape index (κ3) is 8.73. The lowest BCUT2D eigenvalue weighted by Crippen LogP contribution is -2.60. The molecule has 5 atom stereocenters. The normalized spacial score (nSPS) is 15.6. The fraction of sp³-hybridized carbons (Fsp3) is 0.524.